The Morgan fingerprint density at radius 1 is 1.20 bits per heavy atom. The second-order valence-electron chi connectivity index (χ2n) is 6.52. The summed E-state index contributed by atoms with van der Waals surface area (Å²) in [6, 6.07) is 15.0. The molecular weight excluding hydrogens is 385 g/mol. The highest BCUT2D eigenvalue weighted by Gasteiger charge is 2.18. The van der Waals surface area contributed by atoms with Gasteiger partial charge in [0.1, 0.15) is 5.69 Å². The lowest BCUT2D eigenvalue weighted by Crippen LogP contribution is -2.12. The largest absolute Gasteiger partial charge is 0.305 e. The molecule has 0 aliphatic heterocycles. The van der Waals surface area contributed by atoms with E-state index < -0.39 is 11.7 Å². The van der Waals surface area contributed by atoms with E-state index in [0.29, 0.717) is 33.2 Å². The fourth-order valence-electron chi connectivity index (χ4n) is 3.23. The predicted molar refractivity (Wildman–Crippen MR) is 107 cm³/mol. The molecule has 0 atom stereocenters. The molecule has 1 aromatic carbocycles. The molecule has 8 nitrogen and oxygen atoms in total. The van der Waals surface area contributed by atoms with Crippen LogP contribution in [0.1, 0.15) is 15.9 Å². The highest BCUT2D eigenvalue weighted by Crippen LogP contribution is 2.29. The highest BCUT2D eigenvalue weighted by atomic mass is 19.1. The van der Waals surface area contributed by atoms with E-state index in [-0.39, 0.29) is 11.5 Å². The Morgan fingerprint density at radius 3 is 2.97 bits per heavy atom. The number of aromatic amines is 1. The number of carbonyl (C=O) groups excluding carboxylic acids is 1. The average molecular weight is 397 g/mol. The van der Waals surface area contributed by atoms with Crippen molar-refractivity contribution >= 4 is 28.3 Å². The van der Waals surface area contributed by atoms with Gasteiger partial charge < -0.3 is 5.32 Å². The maximum absolute atomic E-state index is 14.9. The molecular formula is C21H12FN7O. The Balaban J connectivity index is 1.52. The molecule has 1 amide bonds. The number of anilines is 1. The molecule has 0 saturated carbocycles. The maximum atomic E-state index is 14.9. The minimum Gasteiger partial charge on any atom is -0.305 e. The molecule has 0 unspecified atom stereocenters. The summed E-state index contributed by atoms with van der Waals surface area (Å²) in [5.41, 5.74) is 2.37. The number of hydrogen-bond donors (Lipinski definition) is 2. The fraction of sp³-hybridized carbons (Fsp3) is 0. The van der Waals surface area contributed by atoms with Crippen LogP contribution in [0.5, 0.6) is 0 Å². The van der Waals surface area contributed by atoms with Gasteiger partial charge in [0, 0.05) is 17.3 Å². The number of benzene rings is 1. The molecule has 0 fully saturated rings. The third kappa shape index (κ3) is 2.84. The standard InChI is InChI=1S/C21H12FN7O/c22-16-9-14-19(25-18(16)15-11-24-29-7-2-1-6-17(15)29)27-28-20(14)26-21(30)13-5-3-4-12(8-13)10-23/h1-9,11H,(H2,25,26,27,28,30). The number of H-pyrrole nitrogens is 1. The van der Waals surface area contributed by atoms with E-state index in [1.54, 1.807) is 35.1 Å². The third-order valence-electron chi connectivity index (χ3n) is 4.67. The van der Waals surface area contributed by atoms with Crippen LogP contribution in [0.3, 0.4) is 0 Å². The van der Waals surface area contributed by atoms with Crippen LogP contribution in [0.4, 0.5) is 10.2 Å². The predicted octanol–water partition coefficient (Wildman–Crippen LogP) is 3.54. The van der Waals surface area contributed by atoms with Crippen molar-refractivity contribution in [1.82, 2.24) is 24.8 Å². The van der Waals surface area contributed by atoms with E-state index in [1.165, 1.54) is 12.1 Å². The monoisotopic (exact) mass is 397 g/mol. The third-order valence-corrected chi connectivity index (χ3v) is 4.67. The lowest BCUT2D eigenvalue weighted by molar-refractivity contribution is 0.102. The van der Waals surface area contributed by atoms with Crippen molar-refractivity contribution in [1.29, 1.82) is 5.26 Å². The lowest BCUT2D eigenvalue weighted by Gasteiger charge is -2.04. The van der Waals surface area contributed by atoms with Gasteiger partial charge in [-0.15, -0.1) is 0 Å². The summed E-state index contributed by atoms with van der Waals surface area (Å²) in [6.45, 7) is 0. The molecule has 0 spiro atoms. The summed E-state index contributed by atoms with van der Waals surface area (Å²) in [5, 5.41) is 22.9. The zero-order valence-corrected chi connectivity index (χ0v) is 15.3. The topological polar surface area (TPSA) is 112 Å². The Morgan fingerprint density at radius 2 is 2.10 bits per heavy atom. The number of fused-ring (bicyclic) bond motifs is 2. The van der Waals surface area contributed by atoms with Gasteiger partial charge in [-0.3, -0.25) is 9.89 Å². The van der Waals surface area contributed by atoms with Crippen molar-refractivity contribution < 1.29 is 9.18 Å². The van der Waals surface area contributed by atoms with E-state index >= 15 is 0 Å². The normalized spacial score (nSPS) is 10.9. The summed E-state index contributed by atoms with van der Waals surface area (Å²) in [7, 11) is 0. The number of amides is 1. The van der Waals surface area contributed by atoms with E-state index in [4.69, 9.17) is 5.26 Å². The minimum atomic E-state index is -0.565. The van der Waals surface area contributed by atoms with Crippen molar-refractivity contribution in [2.24, 2.45) is 0 Å². The molecule has 144 valence electrons. The smallest absolute Gasteiger partial charge is 0.256 e. The van der Waals surface area contributed by atoms with Gasteiger partial charge in [0.25, 0.3) is 5.91 Å². The van der Waals surface area contributed by atoms with Crippen LogP contribution in [0.2, 0.25) is 0 Å². The molecule has 4 aromatic heterocycles. The van der Waals surface area contributed by atoms with Gasteiger partial charge >= 0.3 is 0 Å². The SMILES string of the molecule is N#Cc1cccc(C(=O)Nc2n[nH]c3nc(-c4cnn5ccccc45)c(F)cc23)c1. The molecule has 0 bridgehead atoms. The van der Waals surface area contributed by atoms with Crippen molar-refractivity contribution in [3.05, 3.63) is 77.9 Å². The molecule has 2 N–H and O–H groups in total. The van der Waals surface area contributed by atoms with Gasteiger partial charge in [-0.05, 0) is 36.4 Å². The highest BCUT2D eigenvalue weighted by molar-refractivity contribution is 6.07. The lowest BCUT2D eigenvalue weighted by atomic mass is 10.1. The van der Waals surface area contributed by atoms with Gasteiger partial charge in [-0.1, -0.05) is 12.1 Å². The number of carbonyl (C=O) groups is 1. The molecule has 4 heterocycles. The number of pyridine rings is 2. The quantitative estimate of drug-likeness (QED) is 0.484. The Bertz CT molecular complexity index is 1480. The Hall–Kier alpha value is -4.58. The molecule has 0 aliphatic carbocycles. The van der Waals surface area contributed by atoms with Crippen LogP contribution < -0.4 is 5.32 Å². The molecule has 0 radical (unpaired) electrons. The van der Waals surface area contributed by atoms with Crippen LogP contribution >= 0.6 is 0 Å². The molecule has 5 aromatic rings. The van der Waals surface area contributed by atoms with E-state index in [0.717, 1.165) is 0 Å². The number of hydrogen-bond acceptors (Lipinski definition) is 5. The molecule has 0 saturated heterocycles. The Kier molecular flexibility index (Phi) is 3.96. The number of nitrogens with one attached hydrogen (secondary N) is 2. The first-order chi connectivity index (χ1) is 14.6. The summed E-state index contributed by atoms with van der Waals surface area (Å²) >= 11 is 0. The van der Waals surface area contributed by atoms with Crippen LogP contribution in [-0.2, 0) is 0 Å². The Labute approximate surface area is 168 Å². The summed E-state index contributed by atoms with van der Waals surface area (Å²) in [5.74, 6) is -0.882. The van der Waals surface area contributed by atoms with Crippen molar-refractivity contribution in [3.63, 3.8) is 0 Å². The zero-order chi connectivity index (χ0) is 20.7. The number of nitriles is 1. The van der Waals surface area contributed by atoms with Crippen LogP contribution in [0, 0.1) is 17.1 Å². The molecule has 9 heteroatoms. The first kappa shape index (κ1) is 17.5. The number of aromatic nitrogens is 5. The van der Waals surface area contributed by atoms with Crippen molar-refractivity contribution in [2.75, 3.05) is 5.32 Å². The maximum Gasteiger partial charge on any atom is 0.256 e. The van der Waals surface area contributed by atoms with Crippen LogP contribution in [-0.4, -0.2) is 30.7 Å². The second-order valence-corrected chi connectivity index (χ2v) is 6.52. The minimum absolute atomic E-state index is 0.131. The number of rotatable bonds is 3. The molecule has 0 aliphatic rings. The summed E-state index contributed by atoms with van der Waals surface area (Å²) in [6.07, 6.45) is 3.31. The van der Waals surface area contributed by atoms with Crippen LogP contribution in [0.15, 0.2) is 60.9 Å². The van der Waals surface area contributed by atoms with Gasteiger partial charge in [0.2, 0.25) is 0 Å². The van der Waals surface area contributed by atoms with E-state index in [9.17, 15) is 9.18 Å². The number of nitrogens with zero attached hydrogens (tertiary/aromatic N) is 5. The first-order valence-electron chi connectivity index (χ1n) is 8.93. The molecule has 30 heavy (non-hydrogen) atoms. The zero-order valence-electron chi connectivity index (χ0n) is 15.3. The summed E-state index contributed by atoms with van der Waals surface area (Å²) in [4.78, 5) is 16.9. The van der Waals surface area contributed by atoms with Gasteiger partial charge in [-0.25, -0.2) is 13.9 Å². The first-order valence-corrected chi connectivity index (χ1v) is 8.93. The van der Waals surface area contributed by atoms with Gasteiger partial charge in [0.05, 0.1) is 28.7 Å². The van der Waals surface area contributed by atoms with Crippen molar-refractivity contribution in [2.45, 2.75) is 0 Å². The van der Waals surface area contributed by atoms with E-state index in [2.05, 4.69) is 25.6 Å². The summed E-state index contributed by atoms with van der Waals surface area (Å²) < 4.78 is 16.6. The van der Waals surface area contributed by atoms with Crippen molar-refractivity contribution in [3.8, 4) is 17.3 Å². The second kappa shape index (κ2) is 6.79. The van der Waals surface area contributed by atoms with Gasteiger partial charge in [0.15, 0.2) is 17.3 Å². The molecule has 5 rings (SSSR count). The van der Waals surface area contributed by atoms with E-state index in [1.807, 2.05) is 24.3 Å². The fourth-order valence-corrected chi connectivity index (χ4v) is 3.23. The van der Waals surface area contributed by atoms with Crippen LogP contribution in [0.25, 0.3) is 27.8 Å². The number of halogens is 1. The average Bonchev–Trinajstić information content (AvgIpc) is 3.37. The van der Waals surface area contributed by atoms with Gasteiger partial charge in [-0.2, -0.15) is 15.5 Å².